The van der Waals surface area contributed by atoms with Crippen LogP contribution in [-0.4, -0.2) is 6.03 Å². The Bertz CT molecular complexity index is 627. The van der Waals surface area contributed by atoms with E-state index in [-0.39, 0.29) is 6.03 Å². The van der Waals surface area contributed by atoms with E-state index in [1.54, 1.807) is 30.5 Å². The molecule has 2 aromatic carbocycles. The van der Waals surface area contributed by atoms with Gasteiger partial charge in [0.1, 0.15) is 0 Å². The molecule has 20 heavy (non-hydrogen) atoms. The Kier molecular flexibility index (Phi) is 5.04. The van der Waals surface area contributed by atoms with Gasteiger partial charge < -0.3 is 10.6 Å². The predicted molar refractivity (Wildman–Crippen MR) is 84.1 cm³/mol. The number of carbonyl (C=O) groups is 1. The van der Waals surface area contributed by atoms with Crippen molar-refractivity contribution in [3.8, 4) is 0 Å². The molecule has 0 spiro atoms. The zero-order valence-corrected chi connectivity index (χ0v) is 11.9. The summed E-state index contributed by atoms with van der Waals surface area (Å²) >= 11 is 11.7. The zero-order valence-electron chi connectivity index (χ0n) is 10.4. The fraction of sp³-hybridized carbons (Fsp3) is 0. The molecule has 0 fully saturated rings. The lowest BCUT2D eigenvalue weighted by molar-refractivity contribution is 0.255. The average Bonchev–Trinajstić information content (AvgIpc) is 2.44. The summed E-state index contributed by atoms with van der Waals surface area (Å²) in [6.07, 6.45) is 3.37. The van der Waals surface area contributed by atoms with Crippen LogP contribution in [0.3, 0.4) is 0 Å². The minimum atomic E-state index is -0.351. The number of carbonyl (C=O) groups excluding carboxylic acids is 1. The Balaban J connectivity index is 1.89. The number of amides is 2. The molecule has 0 unspecified atom stereocenters. The molecule has 0 radical (unpaired) electrons. The van der Waals surface area contributed by atoms with Gasteiger partial charge in [-0.2, -0.15) is 0 Å². The molecule has 0 saturated heterocycles. The highest BCUT2D eigenvalue weighted by Gasteiger charge is 2.02. The van der Waals surface area contributed by atoms with Gasteiger partial charge in [-0.1, -0.05) is 53.5 Å². The van der Waals surface area contributed by atoms with Crippen molar-refractivity contribution in [3.63, 3.8) is 0 Å². The maximum absolute atomic E-state index is 11.6. The SMILES string of the molecule is O=C(N/C=C/c1ccccc1)Nc1ccc(Cl)c(Cl)c1. The number of nitrogens with one attached hydrogen (secondary N) is 2. The molecule has 2 aromatic rings. The third-order valence-electron chi connectivity index (χ3n) is 2.47. The summed E-state index contributed by atoms with van der Waals surface area (Å²) in [5, 5.41) is 6.10. The monoisotopic (exact) mass is 306 g/mol. The lowest BCUT2D eigenvalue weighted by Crippen LogP contribution is -2.23. The van der Waals surface area contributed by atoms with Gasteiger partial charge in [-0.05, 0) is 29.8 Å². The molecule has 2 amide bonds. The highest BCUT2D eigenvalue weighted by atomic mass is 35.5. The summed E-state index contributed by atoms with van der Waals surface area (Å²) in [6, 6.07) is 14.2. The van der Waals surface area contributed by atoms with Crippen molar-refractivity contribution < 1.29 is 4.79 Å². The Labute approximate surface area is 127 Å². The van der Waals surface area contributed by atoms with Crippen molar-refractivity contribution >= 4 is 41.0 Å². The molecular weight excluding hydrogens is 295 g/mol. The van der Waals surface area contributed by atoms with Crippen LogP contribution in [0.25, 0.3) is 6.08 Å². The molecule has 0 saturated carbocycles. The van der Waals surface area contributed by atoms with Crippen LogP contribution in [-0.2, 0) is 0 Å². The molecule has 2 rings (SSSR count). The van der Waals surface area contributed by atoms with Crippen molar-refractivity contribution in [1.29, 1.82) is 0 Å². The van der Waals surface area contributed by atoms with E-state index in [1.165, 1.54) is 0 Å². The first-order chi connectivity index (χ1) is 9.65. The minimum absolute atomic E-state index is 0.351. The number of rotatable bonds is 3. The van der Waals surface area contributed by atoms with Crippen molar-refractivity contribution in [3.05, 3.63) is 70.3 Å². The van der Waals surface area contributed by atoms with Gasteiger partial charge in [0.25, 0.3) is 0 Å². The fourth-order valence-corrected chi connectivity index (χ4v) is 1.82. The number of urea groups is 1. The summed E-state index contributed by atoms with van der Waals surface area (Å²) in [5.74, 6) is 0. The Hall–Kier alpha value is -1.97. The molecule has 0 heterocycles. The van der Waals surface area contributed by atoms with E-state index in [1.807, 2.05) is 30.3 Å². The normalized spacial score (nSPS) is 10.5. The lowest BCUT2D eigenvalue weighted by atomic mass is 10.2. The third-order valence-corrected chi connectivity index (χ3v) is 3.21. The number of anilines is 1. The highest BCUT2D eigenvalue weighted by molar-refractivity contribution is 6.42. The van der Waals surface area contributed by atoms with E-state index in [9.17, 15) is 4.79 Å². The van der Waals surface area contributed by atoms with Gasteiger partial charge in [-0.15, -0.1) is 0 Å². The van der Waals surface area contributed by atoms with Crippen LogP contribution in [0.4, 0.5) is 10.5 Å². The highest BCUT2D eigenvalue weighted by Crippen LogP contribution is 2.24. The standard InChI is InChI=1S/C15H12Cl2N2O/c16-13-7-6-12(10-14(13)17)19-15(20)18-9-8-11-4-2-1-3-5-11/h1-10H,(H2,18,19,20)/b9-8+. The molecule has 0 aromatic heterocycles. The first-order valence-corrected chi connectivity index (χ1v) is 6.65. The second kappa shape index (κ2) is 6.98. The third kappa shape index (κ3) is 4.30. The molecule has 2 N–H and O–H groups in total. The molecule has 3 nitrogen and oxygen atoms in total. The maximum Gasteiger partial charge on any atom is 0.323 e. The number of halogens is 2. The molecular formula is C15H12Cl2N2O. The molecule has 0 bridgehead atoms. The van der Waals surface area contributed by atoms with Crippen molar-refractivity contribution in [2.45, 2.75) is 0 Å². The second-order valence-electron chi connectivity index (χ2n) is 3.97. The van der Waals surface area contributed by atoms with Crippen LogP contribution < -0.4 is 10.6 Å². The van der Waals surface area contributed by atoms with Gasteiger partial charge in [0.05, 0.1) is 10.0 Å². The van der Waals surface area contributed by atoms with Crippen LogP contribution in [0, 0.1) is 0 Å². The lowest BCUT2D eigenvalue weighted by Gasteiger charge is -2.05. The van der Waals surface area contributed by atoms with Gasteiger partial charge in [-0.25, -0.2) is 4.79 Å². The summed E-state index contributed by atoms with van der Waals surface area (Å²) in [5.41, 5.74) is 1.58. The van der Waals surface area contributed by atoms with Gasteiger partial charge in [-0.3, -0.25) is 0 Å². The Morgan fingerprint density at radius 2 is 1.75 bits per heavy atom. The summed E-state index contributed by atoms with van der Waals surface area (Å²) in [4.78, 5) is 11.6. The number of benzene rings is 2. The Morgan fingerprint density at radius 3 is 2.45 bits per heavy atom. The summed E-state index contributed by atoms with van der Waals surface area (Å²) < 4.78 is 0. The van der Waals surface area contributed by atoms with Gasteiger partial charge in [0.15, 0.2) is 0 Å². The van der Waals surface area contributed by atoms with Crippen LogP contribution >= 0.6 is 23.2 Å². The summed E-state index contributed by atoms with van der Waals surface area (Å²) in [7, 11) is 0. The largest absolute Gasteiger partial charge is 0.323 e. The molecule has 0 aliphatic heterocycles. The van der Waals surface area contributed by atoms with Crippen molar-refractivity contribution in [2.75, 3.05) is 5.32 Å². The molecule has 0 aliphatic carbocycles. The molecule has 5 heteroatoms. The predicted octanol–water partition coefficient (Wildman–Crippen LogP) is 4.79. The number of hydrogen-bond acceptors (Lipinski definition) is 1. The van der Waals surface area contributed by atoms with Crippen LogP contribution in [0.15, 0.2) is 54.7 Å². The van der Waals surface area contributed by atoms with Gasteiger partial charge in [0.2, 0.25) is 0 Å². The quantitative estimate of drug-likeness (QED) is 0.841. The topological polar surface area (TPSA) is 41.1 Å². The van der Waals surface area contributed by atoms with Gasteiger partial charge >= 0.3 is 6.03 Å². The van der Waals surface area contributed by atoms with E-state index in [0.29, 0.717) is 15.7 Å². The van der Waals surface area contributed by atoms with Gasteiger partial charge in [0, 0.05) is 11.9 Å². The van der Waals surface area contributed by atoms with E-state index in [0.717, 1.165) is 5.56 Å². The van der Waals surface area contributed by atoms with E-state index < -0.39 is 0 Å². The average molecular weight is 307 g/mol. The van der Waals surface area contributed by atoms with Crippen molar-refractivity contribution in [1.82, 2.24) is 5.32 Å². The minimum Gasteiger partial charge on any atom is -0.314 e. The first kappa shape index (κ1) is 14.4. The maximum atomic E-state index is 11.6. The zero-order chi connectivity index (χ0) is 14.4. The van der Waals surface area contributed by atoms with Crippen LogP contribution in [0.2, 0.25) is 10.0 Å². The summed E-state index contributed by atoms with van der Waals surface area (Å²) in [6.45, 7) is 0. The van der Waals surface area contributed by atoms with E-state index in [4.69, 9.17) is 23.2 Å². The second-order valence-corrected chi connectivity index (χ2v) is 4.79. The molecule has 0 aliphatic rings. The van der Waals surface area contributed by atoms with E-state index >= 15 is 0 Å². The molecule has 0 atom stereocenters. The van der Waals surface area contributed by atoms with Crippen LogP contribution in [0.5, 0.6) is 0 Å². The van der Waals surface area contributed by atoms with Crippen LogP contribution in [0.1, 0.15) is 5.56 Å². The fourth-order valence-electron chi connectivity index (χ4n) is 1.52. The molecule has 102 valence electrons. The smallest absolute Gasteiger partial charge is 0.314 e. The van der Waals surface area contributed by atoms with Crippen molar-refractivity contribution in [2.24, 2.45) is 0 Å². The Morgan fingerprint density at radius 1 is 1.00 bits per heavy atom. The van der Waals surface area contributed by atoms with E-state index in [2.05, 4.69) is 10.6 Å². The number of hydrogen-bond donors (Lipinski definition) is 2. The first-order valence-electron chi connectivity index (χ1n) is 5.89.